The van der Waals surface area contributed by atoms with Crippen LogP contribution >= 0.6 is 23.4 Å². The summed E-state index contributed by atoms with van der Waals surface area (Å²) < 4.78 is 0. The summed E-state index contributed by atoms with van der Waals surface area (Å²) in [4.78, 5) is 1.13. The minimum absolute atomic E-state index is 0.163. The summed E-state index contributed by atoms with van der Waals surface area (Å²) >= 11 is 7.56. The molecule has 1 aliphatic rings. The van der Waals surface area contributed by atoms with E-state index in [2.05, 4.69) is 6.92 Å². The third kappa shape index (κ3) is 3.13. The van der Waals surface area contributed by atoms with Crippen LogP contribution in [-0.2, 0) is 0 Å². The number of rotatable bonds is 4. The summed E-state index contributed by atoms with van der Waals surface area (Å²) in [5.74, 6) is 2.01. The SMILES string of the molecule is CC1CC1C(O)CSc1cccc(Cl)c1. The van der Waals surface area contributed by atoms with Crippen LogP contribution in [0.2, 0.25) is 5.02 Å². The third-order valence-electron chi connectivity index (χ3n) is 2.88. The molecule has 1 fully saturated rings. The number of hydrogen-bond acceptors (Lipinski definition) is 2. The molecule has 15 heavy (non-hydrogen) atoms. The van der Waals surface area contributed by atoms with Gasteiger partial charge >= 0.3 is 0 Å². The Bertz CT molecular complexity index is 342. The van der Waals surface area contributed by atoms with Crippen molar-refractivity contribution >= 4 is 23.4 Å². The molecular weight excluding hydrogens is 228 g/mol. The molecule has 1 saturated carbocycles. The lowest BCUT2D eigenvalue weighted by Crippen LogP contribution is -2.13. The van der Waals surface area contributed by atoms with Gasteiger partial charge in [-0.15, -0.1) is 11.8 Å². The average molecular weight is 243 g/mol. The second-order valence-electron chi connectivity index (χ2n) is 4.21. The van der Waals surface area contributed by atoms with Crippen LogP contribution in [0.4, 0.5) is 0 Å². The van der Waals surface area contributed by atoms with E-state index in [-0.39, 0.29) is 6.10 Å². The highest BCUT2D eigenvalue weighted by molar-refractivity contribution is 7.99. The smallest absolute Gasteiger partial charge is 0.0664 e. The molecule has 3 atom stereocenters. The molecule has 3 heteroatoms. The van der Waals surface area contributed by atoms with E-state index in [0.29, 0.717) is 11.8 Å². The minimum Gasteiger partial charge on any atom is -0.392 e. The van der Waals surface area contributed by atoms with Gasteiger partial charge in [0, 0.05) is 15.7 Å². The summed E-state index contributed by atoms with van der Waals surface area (Å²) in [6.07, 6.45) is 1.01. The highest BCUT2D eigenvalue weighted by atomic mass is 35.5. The van der Waals surface area contributed by atoms with Gasteiger partial charge in [0.15, 0.2) is 0 Å². The van der Waals surface area contributed by atoms with Crippen molar-refractivity contribution in [2.45, 2.75) is 24.3 Å². The van der Waals surface area contributed by atoms with Gasteiger partial charge in [-0.25, -0.2) is 0 Å². The number of aliphatic hydroxyl groups is 1. The lowest BCUT2D eigenvalue weighted by molar-refractivity contribution is 0.170. The molecular formula is C12H15ClOS. The minimum atomic E-state index is -0.163. The average Bonchev–Trinajstić information content (AvgIpc) is 2.92. The van der Waals surface area contributed by atoms with Crippen LogP contribution < -0.4 is 0 Å². The van der Waals surface area contributed by atoms with E-state index in [0.717, 1.165) is 15.7 Å². The zero-order valence-corrected chi connectivity index (χ0v) is 10.3. The molecule has 2 rings (SSSR count). The van der Waals surface area contributed by atoms with Gasteiger partial charge in [-0.05, 0) is 36.5 Å². The van der Waals surface area contributed by atoms with E-state index >= 15 is 0 Å². The Labute approximate surface area is 99.8 Å². The first-order chi connectivity index (χ1) is 7.16. The molecule has 1 N–H and O–H groups in total. The number of halogens is 1. The van der Waals surface area contributed by atoms with Crippen molar-refractivity contribution in [3.05, 3.63) is 29.3 Å². The lowest BCUT2D eigenvalue weighted by Gasteiger charge is -2.09. The maximum absolute atomic E-state index is 9.84. The zero-order valence-electron chi connectivity index (χ0n) is 8.69. The van der Waals surface area contributed by atoms with Crippen molar-refractivity contribution in [3.8, 4) is 0 Å². The summed E-state index contributed by atoms with van der Waals surface area (Å²) in [6.45, 7) is 2.19. The Morgan fingerprint density at radius 1 is 1.60 bits per heavy atom. The summed E-state index contributed by atoms with van der Waals surface area (Å²) in [5, 5.41) is 10.6. The first-order valence-corrected chi connectivity index (χ1v) is 6.59. The maximum Gasteiger partial charge on any atom is 0.0664 e. The van der Waals surface area contributed by atoms with Gasteiger partial charge in [-0.3, -0.25) is 0 Å². The predicted octanol–water partition coefficient (Wildman–Crippen LogP) is 3.45. The fourth-order valence-electron chi connectivity index (χ4n) is 1.75. The predicted molar refractivity (Wildman–Crippen MR) is 65.5 cm³/mol. The van der Waals surface area contributed by atoms with E-state index in [4.69, 9.17) is 11.6 Å². The van der Waals surface area contributed by atoms with E-state index < -0.39 is 0 Å². The maximum atomic E-state index is 9.84. The molecule has 0 spiro atoms. The molecule has 1 nitrogen and oxygen atoms in total. The van der Waals surface area contributed by atoms with Crippen LogP contribution in [0.15, 0.2) is 29.2 Å². The van der Waals surface area contributed by atoms with E-state index in [1.807, 2.05) is 24.3 Å². The van der Waals surface area contributed by atoms with Gasteiger partial charge in [-0.2, -0.15) is 0 Å². The highest BCUT2D eigenvalue weighted by Gasteiger charge is 2.38. The molecule has 1 aromatic carbocycles. The Hall–Kier alpha value is -0.180. The standard InChI is InChI=1S/C12H15ClOS/c1-8-5-11(8)12(14)7-15-10-4-2-3-9(13)6-10/h2-4,6,8,11-12,14H,5,7H2,1H3. The second kappa shape index (κ2) is 4.77. The Balaban J connectivity index is 1.82. The van der Waals surface area contributed by atoms with Crippen molar-refractivity contribution < 1.29 is 5.11 Å². The molecule has 0 heterocycles. The molecule has 1 aliphatic carbocycles. The first-order valence-electron chi connectivity index (χ1n) is 5.23. The van der Waals surface area contributed by atoms with Crippen molar-refractivity contribution in [1.82, 2.24) is 0 Å². The van der Waals surface area contributed by atoms with Gasteiger partial charge in [0.05, 0.1) is 6.10 Å². The van der Waals surface area contributed by atoms with E-state index in [1.54, 1.807) is 11.8 Å². The zero-order chi connectivity index (χ0) is 10.8. The lowest BCUT2D eigenvalue weighted by atomic mass is 10.2. The molecule has 82 valence electrons. The van der Waals surface area contributed by atoms with E-state index in [9.17, 15) is 5.11 Å². The molecule has 0 aliphatic heterocycles. The van der Waals surface area contributed by atoms with Gasteiger partial charge < -0.3 is 5.11 Å². The normalized spacial score (nSPS) is 26.3. The molecule has 1 aromatic rings. The molecule has 0 amide bonds. The summed E-state index contributed by atoms with van der Waals surface area (Å²) in [7, 11) is 0. The van der Waals surface area contributed by atoms with Crippen molar-refractivity contribution in [3.63, 3.8) is 0 Å². The van der Waals surface area contributed by atoms with Gasteiger partial charge in [0.1, 0.15) is 0 Å². The number of aliphatic hydroxyl groups excluding tert-OH is 1. The molecule has 0 aromatic heterocycles. The van der Waals surface area contributed by atoms with Crippen molar-refractivity contribution in [1.29, 1.82) is 0 Å². The monoisotopic (exact) mass is 242 g/mol. The van der Waals surface area contributed by atoms with Crippen LogP contribution in [-0.4, -0.2) is 17.0 Å². The van der Waals surface area contributed by atoms with Crippen LogP contribution in [0, 0.1) is 11.8 Å². The molecule has 0 radical (unpaired) electrons. The van der Waals surface area contributed by atoms with E-state index in [1.165, 1.54) is 6.42 Å². The fraction of sp³-hybridized carbons (Fsp3) is 0.500. The molecule has 0 saturated heterocycles. The fourth-order valence-corrected chi connectivity index (χ4v) is 3.00. The Morgan fingerprint density at radius 3 is 2.93 bits per heavy atom. The second-order valence-corrected chi connectivity index (χ2v) is 5.74. The number of hydrogen-bond donors (Lipinski definition) is 1. The summed E-state index contributed by atoms with van der Waals surface area (Å²) in [6, 6.07) is 7.77. The quantitative estimate of drug-likeness (QED) is 0.817. The van der Waals surface area contributed by atoms with Crippen LogP contribution in [0.5, 0.6) is 0 Å². The first kappa shape index (κ1) is 11.3. The van der Waals surface area contributed by atoms with Crippen LogP contribution in [0.1, 0.15) is 13.3 Å². The van der Waals surface area contributed by atoms with Gasteiger partial charge in [0.25, 0.3) is 0 Å². The largest absolute Gasteiger partial charge is 0.392 e. The summed E-state index contributed by atoms with van der Waals surface area (Å²) in [5.41, 5.74) is 0. The third-order valence-corrected chi connectivity index (χ3v) is 4.21. The highest BCUT2D eigenvalue weighted by Crippen LogP contribution is 2.41. The van der Waals surface area contributed by atoms with Crippen molar-refractivity contribution in [2.75, 3.05) is 5.75 Å². The van der Waals surface area contributed by atoms with Crippen LogP contribution in [0.25, 0.3) is 0 Å². The van der Waals surface area contributed by atoms with Crippen molar-refractivity contribution in [2.24, 2.45) is 11.8 Å². The Morgan fingerprint density at radius 2 is 2.33 bits per heavy atom. The van der Waals surface area contributed by atoms with Gasteiger partial charge in [-0.1, -0.05) is 24.6 Å². The molecule has 0 bridgehead atoms. The number of thioether (sulfide) groups is 1. The van der Waals surface area contributed by atoms with Gasteiger partial charge in [0.2, 0.25) is 0 Å². The Kier molecular flexibility index (Phi) is 3.60. The topological polar surface area (TPSA) is 20.2 Å². The van der Waals surface area contributed by atoms with Crippen LogP contribution in [0.3, 0.4) is 0 Å². The molecule has 3 unspecified atom stereocenters. The number of benzene rings is 1.